The summed E-state index contributed by atoms with van der Waals surface area (Å²) in [6.45, 7) is 1.82. The first-order valence-electron chi connectivity index (χ1n) is 3.58. The number of aliphatic hydroxyl groups is 1. The minimum Gasteiger partial charge on any atom is -0.394 e. The largest absolute Gasteiger partial charge is 0.394 e. The molecule has 11 heavy (non-hydrogen) atoms. The van der Waals surface area contributed by atoms with E-state index in [-0.39, 0.29) is 24.9 Å². The molecule has 62 valence electrons. The highest BCUT2D eigenvalue weighted by molar-refractivity contribution is 4.85. The molecule has 1 saturated heterocycles. The van der Waals surface area contributed by atoms with Crippen LogP contribution in [0.4, 0.5) is 0 Å². The Kier molecular flexibility index (Phi) is 2.70. The van der Waals surface area contributed by atoms with Gasteiger partial charge in [0.05, 0.1) is 24.9 Å². The Morgan fingerprint density at radius 2 is 2.55 bits per heavy atom. The smallest absolute Gasteiger partial charge is 0.0894 e. The molecular weight excluding hydrogens is 146 g/mol. The number of azide groups is 1. The van der Waals surface area contributed by atoms with Crippen molar-refractivity contribution in [2.75, 3.05) is 6.61 Å². The van der Waals surface area contributed by atoms with Gasteiger partial charge in [-0.3, -0.25) is 0 Å². The summed E-state index contributed by atoms with van der Waals surface area (Å²) >= 11 is 0. The van der Waals surface area contributed by atoms with Crippen LogP contribution in [-0.2, 0) is 4.74 Å². The molecule has 0 aliphatic carbocycles. The van der Waals surface area contributed by atoms with Crippen LogP contribution < -0.4 is 0 Å². The fourth-order valence-electron chi connectivity index (χ4n) is 1.29. The summed E-state index contributed by atoms with van der Waals surface area (Å²) in [4.78, 5) is 2.68. The van der Waals surface area contributed by atoms with E-state index in [1.54, 1.807) is 0 Å². The number of hydrogen-bond acceptors (Lipinski definition) is 3. The van der Waals surface area contributed by atoms with Gasteiger partial charge in [-0.05, 0) is 18.9 Å². The normalized spacial score (nSPS) is 36.7. The Bertz CT molecular complexity index is 179. The summed E-state index contributed by atoms with van der Waals surface area (Å²) in [5.74, 6) is 0. The predicted octanol–water partition coefficient (Wildman–Crippen LogP) is 0.835. The van der Waals surface area contributed by atoms with Gasteiger partial charge in [0.2, 0.25) is 0 Å². The summed E-state index contributed by atoms with van der Waals surface area (Å²) in [6, 6.07) is -0.194. The average molecular weight is 157 g/mol. The second-order valence-corrected chi connectivity index (χ2v) is 2.68. The van der Waals surface area contributed by atoms with Crippen LogP contribution in [0.1, 0.15) is 13.3 Å². The first kappa shape index (κ1) is 8.33. The van der Waals surface area contributed by atoms with Gasteiger partial charge in [-0.15, -0.1) is 0 Å². The Morgan fingerprint density at radius 1 is 1.82 bits per heavy atom. The van der Waals surface area contributed by atoms with Gasteiger partial charge in [0, 0.05) is 4.91 Å². The highest BCUT2D eigenvalue weighted by Gasteiger charge is 2.31. The Hall–Kier alpha value is -0.770. The van der Waals surface area contributed by atoms with E-state index < -0.39 is 0 Å². The van der Waals surface area contributed by atoms with Crippen LogP contribution in [0.2, 0.25) is 0 Å². The zero-order valence-corrected chi connectivity index (χ0v) is 6.34. The van der Waals surface area contributed by atoms with Crippen molar-refractivity contribution in [3.05, 3.63) is 10.4 Å². The summed E-state index contributed by atoms with van der Waals surface area (Å²) in [6.07, 6.45) is 0.485. The summed E-state index contributed by atoms with van der Waals surface area (Å²) < 4.78 is 5.26. The van der Waals surface area contributed by atoms with E-state index in [1.807, 2.05) is 6.92 Å². The van der Waals surface area contributed by atoms with Crippen LogP contribution in [0, 0.1) is 0 Å². The molecule has 0 saturated carbocycles. The Labute approximate surface area is 64.6 Å². The van der Waals surface area contributed by atoms with Gasteiger partial charge in [0.15, 0.2) is 0 Å². The van der Waals surface area contributed by atoms with Crippen molar-refractivity contribution in [2.45, 2.75) is 31.6 Å². The van der Waals surface area contributed by atoms with E-state index in [0.717, 1.165) is 0 Å². The lowest BCUT2D eigenvalue weighted by molar-refractivity contribution is 0.0157. The average Bonchev–Trinajstić information content (AvgIpc) is 2.32. The standard InChI is InChI=1S/C6H11N3O2/c1-4-2-5(8-9-7)6(3-10)11-4/h4-6,10H,2-3H2,1H3. The first-order valence-corrected chi connectivity index (χ1v) is 3.58. The van der Waals surface area contributed by atoms with Crippen LogP contribution >= 0.6 is 0 Å². The molecule has 1 N–H and O–H groups in total. The van der Waals surface area contributed by atoms with Crippen LogP contribution in [0.15, 0.2) is 5.11 Å². The van der Waals surface area contributed by atoms with Crippen molar-refractivity contribution in [3.63, 3.8) is 0 Å². The lowest BCUT2D eigenvalue weighted by Gasteiger charge is -2.09. The quantitative estimate of drug-likeness (QED) is 0.366. The second-order valence-electron chi connectivity index (χ2n) is 2.68. The van der Waals surface area contributed by atoms with Gasteiger partial charge in [-0.25, -0.2) is 0 Å². The van der Waals surface area contributed by atoms with Gasteiger partial charge in [0.25, 0.3) is 0 Å². The number of nitrogens with zero attached hydrogens (tertiary/aromatic N) is 3. The summed E-state index contributed by atoms with van der Waals surface area (Å²) in [5, 5.41) is 12.3. The lowest BCUT2D eigenvalue weighted by atomic mass is 10.1. The SMILES string of the molecule is CC1CC(N=[N+]=[N-])C(CO)O1. The molecule has 0 aromatic heterocycles. The number of ether oxygens (including phenoxy) is 1. The van der Waals surface area contributed by atoms with Crippen LogP contribution in [0.3, 0.4) is 0 Å². The molecule has 0 radical (unpaired) electrons. The number of hydrogen-bond donors (Lipinski definition) is 1. The molecule has 0 amide bonds. The van der Waals surface area contributed by atoms with E-state index >= 15 is 0 Å². The molecule has 5 nitrogen and oxygen atoms in total. The molecule has 1 aliphatic rings. The van der Waals surface area contributed by atoms with Crippen molar-refractivity contribution in [1.82, 2.24) is 0 Å². The zero-order chi connectivity index (χ0) is 8.27. The predicted molar refractivity (Wildman–Crippen MR) is 39.0 cm³/mol. The zero-order valence-electron chi connectivity index (χ0n) is 6.34. The van der Waals surface area contributed by atoms with Gasteiger partial charge >= 0.3 is 0 Å². The molecule has 1 rings (SSSR count). The molecule has 1 fully saturated rings. The number of aliphatic hydroxyl groups excluding tert-OH is 1. The maximum absolute atomic E-state index is 8.77. The molecule has 3 atom stereocenters. The van der Waals surface area contributed by atoms with Crippen molar-refractivity contribution in [1.29, 1.82) is 0 Å². The van der Waals surface area contributed by atoms with E-state index in [0.29, 0.717) is 6.42 Å². The molecule has 1 heterocycles. The van der Waals surface area contributed by atoms with Crippen molar-refractivity contribution < 1.29 is 9.84 Å². The third-order valence-corrected chi connectivity index (χ3v) is 1.79. The summed E-state index contributed by atoms with van der Waals surface area (Å²) in [5.41, 5.74) is 8.15. The molecule has 0 aromatic rings. The van der Waals surface area contributed by atoms with E-state index in [1.165, 1.54) is 0 Å². The summed E-state index contributed by atoms with van der Waals surface area (Å²) in [7, 11) is 0. The third kappa shape index (κ3) is 1.83. The van der Waals surface area contributed by atoms with Crippen LogP contribution in [-0.4, -0.2) is 30.0 Å². The van der Waals surface area contributed by atoms with E-state index in [9.17, 15) is 0 Å². The third-order valence-electron chi connectivity index (χ3n) is 1.79. The molecule has 0 bridgehead atoms. The van der Waals surface area contributed by atoms with Gasteiger partial charge in [-0.2, -0.15) is 0 Å². The second kappa shape index (κ2) is 3.57. The Morgan fingerprint density at radius 3 is 3.09 bits per heavy atom. The van der Waals surface area contributed by atoms with Crippen LogP contribution in [0.5, 0.6) is 0 Å². The minimum absolute atomic E-state index is 0.0754. The first-order chi connectivity index (χ1) is 5.27. The van der Waals surface area contributed by atoms with E-state index in [4.69, 9.17) is 15.4 Å². The van der Waals surface area contributed by atoms with Gasteiger partial charge in [-0.1, -0.05) is 5.11 Å². The van der Waals surface area contributed by atoms with Crippen molar-refractivity contribution in [3.8, 4) is 0 Å². The monoisotopic (exact) mass is 157 g/mol. The lowest BCUT2D eigenvalue weighted by Crippen LogP contribution is -2.22. The molecule has 0 aromatic carbocycles. The topological polar surface area (TPSA) is 78.2 Å². The van der Waals surface area contributed by atoms with Crippen molar-refractivity contribution in [2.24, 2.45) is 5.11 Å². The molecule has 0 spiro atoms. The fourth-order valence-corrected chi connectivity index (χ4v) is 1.29. The highest BCUT2D eigenvalue weighted by atomic mass is 16.5. The maximum atomic E-state index is 8.77. The highest BCUT2D eigenvalue weighted by Crippen LogP contribution is 2.22. The fraction of sp³-hybridized carbons (Fsp3) is 1.00. The van der Waals surface area contributed by atoms with Gasteiger partial charge < -0.3 is 9.84 Å². The molecule has 3 unspecified atom stereocenters. The van der Waals surface area contributed by atoms with Gasteiger partial charge in [0.1, 0.15) is 0 Å². The molecular formula is C6H11N3O2. The van der Waals surface area contributed by atoms with Crippen molar-refractivity contribution >= 4 is 0 Å². The minimum atomic E-state index is -0.305. The molecule has 1 aliphatic heterocycles. The van der Waals surface area contributed by atoms with Crippen LogP contribution in [0.25, 0.3) is 10.4 Å². The number of rotatable bonds is 2. The maximum Gasteiger partial charge on any atom is 0.0894 e. The van der Waals surface area contributed by atoms with E-state index in [2.05, 4.69) is 10.0 Å². The molecule has 5 heteroatoms. The Balaban J connectivity index is 2.56.